The molecule has 2 aliphatic rings. The van der Waals surface area contributed by atoms with Crippen LogP contribution in [0.25, 0.3) is 22.2 Å². The van der Waals surface area contributed by atoms with Gasteiger partial charge in [0.1, 0.15) is 5.65 Å². The lowest BCUT2D eigenvalue weighted by Crippen LogP contribution is -2.44. The molecule has 1 saturated heterocycles. The van der Waals surface area contributed by atoms with E-state index < -0.39 is 0 Å². The summed E-state index contributed by atoms with van der Waals surface area (Å²) < 4.78 is 5.50. The lowest BCUT2D eigenvalue weighted by atomic mass is 9.81. The number of aromatic nitrogens is 4. The molecule has 1 saturated carbocycles. The van der Waals surface area contributed by atoms with Crippen LogP contribution < -0.4 is 0 Å². The molecule has 2 fully saturated rings. The maximum Gasteiger partial charge on any atom is 0.137 e. The summed E-state index contributed by atoms with van der Waals surface area (Å²) in [7, 11) is 0. The molecule has 0 bridgehead atoms. The summed E-state index contributed by atoms with van der Waals surface area (Å²) >= 11 is 0. The fourth-order valence-electron chi connectivity index (χ4n) is 4.60. The quantitative estimate of drug-likeness (QED) is 0.759. The van der Waals surface area contributed by atoms with Crippen molar-refractivity contribution in [2.75, 3.05) is 26.3 Å². The minimum Gasteiger partial charge on any atom is -0.379 e. The van der Waals surface area contributed by atoms with E-state index in [0.29, 0.717) is 5.92 Å². The van der Waals surface area contributed by atoms with Gasteiger partial charge in [0, 0.05) is 54.2 Å². The molecule has 6 nitrogen and oxygen atoms in total. The van der Waals surface area contributed by atoms with Gasteiger partial charge in [-0.1, -0.05) is 0 Å². The first-order valence-electron chi connectivity index (χ1n) is 9.66. The van der Waals surface area contributed by atoms with Gasteiger partial charge in [-0.05, 0) is 43.2 Å². The van der Waals surface area contributed by atoms with Crippen LogP contribution >= 0.6 is 0 Å². The van der Waals surface area contributed by atoms with E-state index in [1.54, 1.807) is 0 Å². The zero-order valence-corrected chi connectivity index (χ0v) is 14.9. The Morgan fingerprint density at radius 1 is 1.04 bits per heavy atom. The number of aromatic amines is 2. The largest absolute Gasteiger partial charge is 0.379 e. The van der Waals surface area contributed by atoms with Crippen LogP contribution in [0.1, 0.15) is 37.2 Å². The predicted octanol–water partition coefficient (Wildman–Crippen LogP) is 3.31. The molecule has 0 radical (unpaired) electrons. The molecular weight excluding hydrogens is 326 g/mol. The van der Waals surface area contributed by atoms with E-state index in [1.807, 2.05) is 18.6 Å². The number of rotatable bonds is 3. The van der Waals surface area contributed by atoms with Crippen LogP contribution in [0.5, 0.6) is 0 Å². The fraction of sp³-hybridized carbons (Fsp3) is 0.500. The van der Waals surface area contributed by atoms with E-state index in [0.717, 1.165) is 43.6 Å². The first-order valence-corrected chi connectivity index (χ1v) is 9.66. The van der Waals surface area contributed by atoms with Crippen LogP contribution in [0.2, 0.25) is 0 Å². The second-order valence-corrected chi connectivity index (χ2v) is 7.51. The molecule has 1 aliphatic carbocycles. The minimum atomic E-state index is 0.622. The van der Waals surface area contributed by atoms with Crippen molar-refractivity contribution < 1.29 is 4.74 Å². The highest BCUT2D eigenvalue weighted by Crippen LogP contribution is 2.37. The average molecular weight is 351 g/mol. The predicted molar refractivity (Wildman–Crippen MR) is 101 cm³/mol. The van der Waals surface area contributed by atoms with Gasteiger partial charge in [0.15, 0.2) is 0 Å². The van der Waals surface area contributed by atoms with Gasteiger partial charge >= 0.3 is 0 Å². The molecule has 4 heterocycles. The van der Waals surface area contributed by atoms with Crippen molar-refractivity contribution in [3.63, 3.8) is 0 Å². The third-order valence-corrected chi connectivity index (χ3v) is 6.09. The highest BCUT2D eigenvalue weighted by molar-refractivity contribution is 5.93. The Morgan fingerprint density at radius 2 is 1.88 bits per heavy atom. The van der Waals surface area contributed by atoms with Crippen LogP contribution in [-0.2, 0) is 4.74 Å². The van der Waals surface area contributed by atoms with Gasteiger partial charge in [-0.2, -0.15) is 5.10 Å². The third-order valence-electron chi connectivity index (χ3n) is 6.09. The monoisotopic (exact) mass is 351 g/mol. The topological polar surface area (TPSA) is 69.8 Å². The van der Waals surface area contributed by atoms with Crippen molar-refractivity contribution in [3.05, 3.63) is 36.4 Å². The number of H-pyrrole nitrogens is 2. The summed E-state index contributed by atoms with van der Waals surface area (Å²) in [6, 6.07) is 3.07. The number of pyridine rings is 1. The number of fused-ring (bicyclic) bond motifs is 1. The summed E-state index contributed by atoms with van der Waals surface area (Å²) in [5, 5.41) is 8.17. The van der Waals surface area contributed by atoms with Crippen molar-refractivity contribution in [2.24, 2.45) is 0 Å². The normalized spacial score (nSPS) is 24.9. The number of hydrogen-bond donors (Lipinski definition) is 2. The van der Waals surface area contributed by atoms with E-state index in [4.69, 9.17) is 4.74 Å². The lowest BCUT2D eigenvalue weighted by Gasteiger charge is -2.38. The zero-order valence-electron chi connectivity index (χ0n) is 14.9. The smallest absolute Gasteiger partial charge is 0.137 e. The second-order valence-electron chi connectivity index (χ2n) is 7.51. The molecule has 5 rings (SSSR count). The van der Waals surface area contributed by atoms with Crippen LogP contribution in [0.3, 0.4) is 0 Å². The van der Waals surface area contributed by atoms with Gasteiger partial charge < -0.3 is 9.72 Å². The second kappa shape index (κ2) is 6.85. The molecular formula is C20H25N5O. The summed E-state index contributed by atoms with van der Waals surface area (Å²) in [4.78, 5) is 10.6. The number of hydrogen-bond acceptors (Lipinski definition) is 4. The molecule has 0 atom stereocenters. The fourth-order valence-corrected chi connectivity index (χ4v) is 4.60. The maximum atomic E-state index is 5.50. The minimum absolute atomic E-state index is 0.622. The van der Waals surface area contributed by atoms with Crippen LogP contribution in [0.15, 0.2) is 30.9 Å². The van der Waals surface area contributed by atoms with Crippen LogP contribution in [0, 0.1) is 0 Å². The Hall–Kier alpha value is -2.18. The maximum absolute atomic E-state index is 5.50. The molecule has 3 aromatic rings. The highest BCUT2D eigenvalue weighted by atomic mass is 16.5. The molecule has 0 amide bonds. The molecule has 6 heteroatoms. The van der Waals surface area contributed by atoms with E-state index in [1.165, 1.54) is 42.2 Å². The van der Waals surface area contributed by atoms with Crippen molar-refractivity contribution in [3.8, 4) is 11.1 Å². The van der Waals surface area contributed by atoms with Gasteiger partial charge in [-0.3, -0.25) is 10.00 Å². The van der Waals surface area contributed by atoms with Gasteiger partial charge in [0.25, 0.3) is 0 Å². The molecule has 0 aromatic carbocycles. The van der Waals surface area contributed by atoms with E-state index in [-0.39, 0.29) is 0 Å². The lowest BCUT2D eigenvalue weighted by molar-refractivity contribution is 0.00729. The van der Waals surface area contributed by atoms with Gasteiger partial charge in [0.2, 0.25) is 0 Å². The number of morpholine rings is 1. The van der Waals surface area contributed by atoms with E-state index >= 15 is 0 Å². The SMILES string of the molecule is c1n[nH]cc1-c1c[nH]c2ncc([C@H]3CC[C@H](N4CCOCC4)CC3)cc12. The Labute approximate surface area is 153 Å². The number of nitrogens with one attached hydrogen (secondary N) is 2. The van der Waals surface area contributed by atoms with E-state index in [2.05, 4.69) is 37.3 Å². The van der Waals surface area contributed by atoms with E-state index in [9.17, 15) is 0 Å². The van der Waals surface area contributed by atoms with Crippen molar-refractivity contribution in [1.82, 2.24) is 25.1 Å². The molecule has 26 heavy (non-hydrogen) atoms. The Morgan fingerprint density at radius 3 is 2.65 bits per heavy atom. The molecule has 2 N–H and O–H groups in total. The molecule has 0 spiro atoms. The molecule has 0 unspecified atom stereocenters. The average Bonchev–Trinajstić information content (AvgIpc) is 3.38. The first kappa shape index (κ1) is 16.0. The first-order chi connectivity index (χ1) is 12.9. The molecule has 3 aromatic heterocycles. The van der Waals surface area contributed by atoms with Gasteiger partial charge in [0.05, 0.1) is 19.4 Å². The van der Waals surface area contributed by atoms with Gasteiger partial charge in [-0.25, -0.2) is 4.98 Å². The molecule has 136 valence electrons. The standard InChI is InChI=1S/C20H25N5O/c1-3-17(25-5-7-26-8-6-25)4-2-14(1)15-9-18-19(16-11-23-24-12-16)13-22-20(18)21-10-15/h9-14,17H,1-8H2,(H,21,22)(H,23,24)/t14-,17-. The number of nitrogens with zero attached hydrogens (tertiary/aromatic N) is 3. The van der Waals surface area contributed by atoms with Gasteiger partial charge in [-0.15, -0.1) is 0 Å². The highest BCUT2D eigenvalue weighted by Gasteiger charge is 2.28. The summed E-state index contributed by atoms with van der Waals surface area (Å²) in [6.45, 7) is 3.98. The Kier molecular flexibility index (Phi) is 4.22. The molecule has 1 aliphatic heterocycles. The Bertz CT molecular complexity index is 858. The van der Waals surface area contributed by atoms with Crippen molar-refractivity contribution in [1.29, 1.82) is 0 Å². The van der Waals surface area contributed by atoms with Crippen molar-refractivity contribution >= 4 is 11.0 Å². The Balaban J connectivity index is 1.34. The summed E-state index contributed by atoms with van der Waals surface area (Å²) in [5.41, 5.74) is 4.60. The zero-order chi connectivity index (χ0) is 17.3. The van der Waals surface area contributed by atoms with Crippen LogP contribution in [0.4, 0.5) is 0 Å². The van der Waals surface area contributed by atoms with Crippen LogP contribution in [-0.4, -0.2) is 57.4 Å². The summed E-state index contributed by atoms with van der Waals surface area (Å²) in [6.07, 6.45) is 13.0. The third kappa shape index (κ3) is 2.93. The number of ether oxygens (including phenoxy) is 1. The summed E-state index contributed by atoms with van der Waals surface area (Å²) in [5.74, 6) is 0.622. The van der Waals surface area contributed by atoms with Crippen molar-refractivity contribution in [2.45, 2.75) is 37.6 Å².